The molecule has 0 bridgehead atoms. The van der Waals surface area contributed by atoms with E-state index in [2.05, 4.69) is 21.2 Å². The Hall–Kier alpha value is -2.32. The lowest BCUT2D eigenvalue weighted by atomic mass is 10.1. The van der Waals surface area contributed by atoms with Gasteiger partial charge in [-0.2, -0.15) is 5.26 Å². The largest absolute Gasteiger partial charge is 0.484 e. The molecule has 0 aromatic heterocycles. The van der Waals surface area contributed by atoms with Crippen molar-refractivity contribution in [1.82, 2.24) is 5.32 Å². The van der Waals surface area contributed by atoms with E-state index in [-0.39, 0.29) is 18.6 Å². The summed E-state index contributed by atoms with van der Waals surface area (Å²) < 4.78 is 6.36. The summed E-state index contributed by atoms with van der Waals surface area (Å²) in [4.78, 5) is 11.9. The molecule has 0 saturated carbocycles. The first-order chi connectivity index (χ1) is 10.6. The number of hydrogen-bond acceptors (Lipinski definition) is 3. The van der Waals surface area contributed by atoms with Crippen molar-refractivity contribution in [2.45, 2.75) is 13.0 Å². The maximum atomic E-state index is 11.9. The van der Waals surface area contributed by atoms with Crippen molar-refractivity contribution in [3.63, 3.8) is 0 Å². The molecule has 0 aliphatic heterocycles. The van der Waals surface area contributed by atoms with Gasteiger partial charge in [0.05, 0.1) is 17.7 Å². The number of benzene rings is 2. The van der Waals surface area contributed by atoms with Gasteiger partial charge in [-0.05, 0) is 42.8 Å². The summed E-state index contributed by atoms with van der Waals surface area (Å²) in [6.07, 6.45) is 0. The second-order valence-corrected chi connectivity index (χ2v) is 5.59. The molecule has 0 aliphatic carbocycles. The number of carbonyl (C=O) groups is 1. The van der Waals surface area contributed by atoms with Crippen LogP contribution in [-0.2, 0) is 4.79 Å². The van der Waals surface area contributed by atoms with Gasteiger partial charge >= 0.3 is 0 Å². The van der Waals surface area contributed by atoms with E-state index in [1.54, 1.807) is 24.3 Å². The summed E-state index contributed by atoms with van der Waals surface area (Å²) in [6, 6.07) is 16.3. The fourth-order valence-corrected chi connectivity index (χ4v) is 2.59. The van der Waals surface area contributed by atoms with Crippen molar-refractivity contribution in [1.29, 1.82) is 5.26 Å². The normalized spacial score (nSPS) is 11.3. The molecule has 112 valence electrons. The number of rotatable bonds is 5. The van der Waals surface area contributed by atoms with E-state index in [0.717, 1.165) is 10.0 Å². The molecule has 2 aromatic rings. The summed E-state index contributed by atoms with van der Waals surface area (Å²) in [5.41, 5.74) is 1.56. The Morgan fingerprint density at radius 2 is 1.95 bits per heavy atom. The molecule has 22 heavy (non-hydrogen) atoms. The van der Waals surface area contributed by atoms with Crippen LogP contribution in [-0.4, -0.2) is 12.5 Å². The zero-order chi connectivity index (χ0) is 15.9. The van der Waals surface area contributed by atoms with Crippen LogP contribution < -0.4 is 10.1 Å². The minimum Gasteiger partial charge on any atom is -0.484 e. The van der Waals surface area contributed by atoms with Crippen LogP contribution in [0.15, 0.2) is 53.0 Å². The number of nitrogens with one attached hydrogen (secondary N) is 1. The van der Waals surface area contributed by atoms with E-state index in [4.69, 9.17) is 10.00 Å². The average Bonchev–Trinajstić information content (AvgIpc) is 2.53. The van der Waals surface area contributed by atoms with Crippen molar-refractivity contribution in [2.75, 3.05) is 6.61 Å². The maximum absolute atomic E-state index is 11.9. The van der Waals surface area contributed by atoms with Crippen molar-refractivity contribution >= 4 is 21.8 Å². The molecule has 1 N–H and O–H groups in total. The first-order valence-corrected chi connectivity index (χ1v) is 7.56. The highest BCUT2D eigenvalue weighted by Crippen LogP contribution is 2.22. The minimum absolute atomic E-state index is 0.0688. The Bertz CT molecular complexity index is 693. The third kappa shape index (κ3) is 4.34. The zero-order valence-electron chi connectivity index (χ0n) is 12.0. The van der Waals surface area contributed by atoms with Crippen molar-refractivity contribution in [2.24, 2.45) is 0 Å². The first-order valence-electron chi connectivity index (χ1n) is 6.77. The van der Waals surface area contributed by atoms with E-state index >= 15 is 0 Å². The fraction of sp³-hybridized carbons (Fsp3) is 0.176. The highest BCUT2D eigenvalue weighted by Gasteiger charge is 2.12. The van der Waals surface area contributed by atoms with E-state index < -0.39 is 0 Å². The smallest absolute Gasteiger partial charge is 0.258 e. The number of halogens is 1. The van der Waals surface area contributed by atoms with Crippen LogP contribution in [0.1, 0.15) is 24.1 Å². The Morgan fingerprint density at radius 1 is 1.27 bits per heavy atom. The summed E-state index contributed by atoms with van der Waals surface area (Å²) >= 11 is 3.47. The quantitative estimate of drug-likeness (QED) is 0.888. The highest BCUT2D eigenvalue weighted by molar-refractivity contribution is 9.10. The Kier molecular flexibility index (Phi) is 5.56. The van der Waals surface area contributed by atoms with Crippen LogP contribution >= 0.6 is 15.9 Å². The SMILES string of the molecule is CC(NC(=O)COc1ccc(C#N)cc1)c1ccccc1Br. The fourth-order valence-electron chi connectivity index (χ4n) is 1.96. The lowest BCUT2D eigenvalue weighted by Gasteiger charge is -2.16. The predicted molar refractivity (Wildman–Crippen MR) is 87.4 cm³/mol. The number of nitrogens with zero attached hydrogens (tertiary/aromatic N) is 1. The van der Waals surface area contributed by atoms with Gasteiger partial charge < -0.3 is 10.1 Å². The molecule has 1 amide bonds. The van der Waals surface area contributed by atoms with Gasteiger partial charge in [-0.15, -0.1) is 0 Å². The molecular formula is C17H15BrN2O2. The van der Waals surface area contributed by atoms with E-state index in [1.165, 1.54) is 0 Å². The topological polar surface area (TPSA) is 62.1 Å². The van der Waals surface area contributed by atoms with Crippen LogP contribution in [0.5, 0.6) is 5.75 Å². The molecular weight excluding hydrogens is 344 g/mol. The molecule has 0 heterocycles. The molecule has 0 radical (unpaired) electrons. The molecule has 2 rings (SSSR count). The van der Waals surface area contributed by atoms with Crippen molar-refractivity contribution < 1.29 is 9.53 Å². The van der Waals surface area contributed by atoms with Gasteiger partial charge in [-0.3, -0.25) is 4.79 Å². The van der Waals surface area contributed by atoms with Gasteiger partial charge in [-0.25, -0.2) is 0 Å². The molecule has 2 aromatic carbocycles. The molecule has 4 nitrogen and oxygen atoms in total. The van der Waals surface area contributed by atoms with Crippen molar-refractivity contribution in [3.8, 4) is 11.8 Å². The third-order valence-electron chi connectivity index (χ3n) is 3.10. The number of nitriles is 1. The van der Waals surface area contributed by atoms with Crippen molar-refractivity contribution in [3.05, 3.63) is 64.1 Å². The Labute approximate surface area is 137 Å². The second kappa shape index (κ2) is 7.62. The van der Waals surface area contributed by atoms with E-state index in [0.29, 0.717) is 11.3 Å². The van der Waals surface area contributed by atoms with E-state index in [9.17, 15) is 4.79 Å². The maximum Gasteiger partial charge on any atom is 0.258 e. The molecule has 0 saturated heterocycles. The van der Waals surface area contributed by atoms with Crippen LogP contribution in [0.4, 0.5) is 0 Å². The average molecular weight is 359 g/mol. The summed E-state index contributed by atoms with van der Waals surface area (Å²) in [6.45, 7) is 1.85. The van der Waals surface area contributed by atoms with E-state index in [1.807, 2.05) is 37.3 Å². The highest BCUT2D eigenvalue weighted by atomic mass is 79.9. The molecule has 1 unspecified atom stereocenters. The number of hydrogen-bond donors (Lipinski definition) is 1. The summed E-state index contributed by atoms with van der Waals surface area (Å²) in [7, 11) is 0. The predicted octanol–water partition coefficient (Wildman–Crippen LogP) is 3.58. The lowest BCUT2D eigenvalue weighted by molar-refractivity contribution is -0.123. The van der Waals surface area contributed by atoms with Crippen LogP contribution in [0, 0.1) is 11.3 Å². The van der Waals surface area contributed by atoms with Gasteiger partial charge in [0, 0.05) is 4.47 Å². The Balaban J connectivity index is 1.87. The standard InChI is InChI=1S/C17H15BrN2O2/c1-12(15-4-2-3-5-16(15)18)20-17(21)11-22-14-8-6-13(10-19)7-9-14/h2-9,12H,11H2,1H3,(H,20,21). The molecule has 0 spiro atoms. The molecule has 1 atom stereocenters. The number of carbonyl (C=O) groups excluding carboxylic acids is 1. The van der Waals surface area contributed by atoms with Gasteiger partial charge in [0.1, 0.15) is 5.75 Å². The van der Waals surface area contributed by atoms with Crippen LogP contribution in [0.2, 0.25) is 0 Å². The number of ether oxygens (including phenoxy) is 1. The lowest BCUT2D eigenvalue weighted by Crippen LogP contribution is -2.31. The molecule has 5 heteroatoms. The van der Waals surface area contributed by atoms with Gasteiger partial charge in [0.15, 0.2) is 6.61 Å². The van der Waals surface area contributed by atoms with Crippen LogP contribution in [0.3, 0.4) is 0 Å². The molecule has 0 fully saturated rings. The third-order valence-corrected chi connectivity index (χ3v) is 3.82. The molecule has 0 aliphatic rings. The minimum atomic E-state index is -0.201. The summed E-state index contributed by atoms with van der Waals surface area (Å²) in [5, 5.41) is 11.6. The van der Waals surface area contributed by atoms with Gasteiger partial charge in [0.25, 0.3) is 5.91 Å². The zero-order valence-corrected chi connectivity index (χ0v) is 13.6. The number of amides is 1. The van der Waals surface area contributed by atoms with Crippen LogP contribution in [0.25, 0.3) is 0 Å². The van der Waals surface area contributed by atoms with Gasteiger partial charge in [-0.1, -0.05) is 34.1 Å². The summed E-state index contributed by atoms with van der Waals surface area (Å²) in [5.74, 6) is 0.357. The van der Waals surface area contributed by atoms with Gasteiger partial charge in [0.2, 0.25) is 0 Å². The Morgan fingerprint density at radius 3 is 2.59 bits per heavy atom. The monoisotopic (exact) mass is 358 g/mol. The second-order valence-electron chi connectivity index (χ2n) is 4.74. The first kappa shape index (κ1) is 16.1.